The van der Waals surface area contributed by atoms with Gasteiger partial charge in [0.2, 0.25) is 0 Å². The predicted octanol–water partition coefficient (Wildman–Crippen LogP) is 2.71. The number of hydrogen-bond acceptors (Lipinski definition) is 5. The minimum absolute atomic E-state index is 0.0573. The molecule has 0 radical (unpaired) electrons. The molecule has 0 saturated carbocycles. The molecule has 0 aliphatic heterocycles. The maximum absolute atomic E-state index is 12.5. The molecule has 6 nitrogen and oxygen atoms in total. The number of thiophene rings is 1. The summed E-state index contributed by atoms with van der Waals surface area (Å²) in [6, 6.07) is 7.10. The number of halogens is 1. The van der Waals surface area contributed by atoms with Gasteiger partial charge in [-0.3, -0.25) is 0 Å². The molecule has 0 atom stereocenters. The Balaban J connectivity index is 2.49. The van der Waals surface area contributed by atoms with Crippen molar-refractivity contribution in [3.05, 3.63) is 40.4 Å². The van der Waals surface area contributed by atoms with Gasteiger partial charge < -0.3 is 5.11 Å². The van der Waals surface area contributed by atoms with Gasteiger partial charge >= 0.3 is 5.97 Å². The van der Waals surface area contributed by atoms with Crippen LogP contribution in [0.25, 0.3) is 0 Å². The van der Waals surface area contributed by atoms with Gasteiger partial charge in [-0.1, -0.05) is 17.7 Å². The van der Waals surface area contributed by atoms with Gasteiger partial charge in [-0.15, -0.1) is 11.3 Å². The second-order valence-corrected chi connectivity index (χ2v) is 7.72. The molecule has 0 amide bonds. The van der Waals surface area contributed by atoms with Crippen LogP contribution in [0.4, 0.5) is 5.82 Å². The second-order valence-electron chi connectivity index (χ2n) is 3.91. The molecule has 0 unspecified atom stereocenters. The topological polar surface area (TPSA) is 87.6 Å². The number of aromatic carboxylic acids is 1. The van der Waals surface area contributed by atoms with Gasteiger partial charge in [0, 0.05) is 6.54 Å². The first kappa shape index (κ1) is 15.7. The molecule has 2 heterocycles. The van der Waals surface area contributed by atoms with Gasteiger partial charge in [0.1, 0.15) is 10.0 Å². The third-order valence-corrected chi connectivity index (χ3v) is 6.17. The summed E-state index contributed by atoms with van der Waals surface area (Å²) in [7, 11) is -3.81. The van der Waals surface area contributed by atoms with Crippen molar-refractivity contribution in [1.82, 2.24) is 4.98 Å². The van der Waals surface area contributed by atoms with E-state index in [2.05, 4.69) is 4.98 Å². The lowest BCUT2D eigenvalue weighted by molar-refractivity contribution is 0.0690. The van der Waals surface area contributed by atoms with Crippen molar-refractivity contribution in [1.29, 1.82) is 0 Å². The van der Waals surface area contributed by atoms with E-state index in [9.17, 15) is 13.2 Å². The van der Waals surface area contributed by atoms with Crippen molar-refractivity contribution >= 4 is 44.7 Å². The summed E-state index contributed by atoms with van der Waals surface area (Å²) in [6.07, 6.45) is 0. The van der Waals surface area contributed by atoms with Crippen molar-refractivity contribution in [3.63, 3.8) is 0 Å². The molecule has 2 rings (SSSR count). The summed E-state index contributed by atoms with van der Waals surface area (Å²) in [4.78, 5) is 14.8. The standard InChI is InChI=1S/C12H11ClN2O4S2/c1-2-15(10-5-3-4-8(14-10)12(16)17)21(18,19)11-7-6-9(13)20-11/h3-7H,2H2,1H3,(H,16,17). The molecule has 0 aliphatic carbocycles. The largest absolute Gasteiger partial charge is 0.477 e. The smallest absolute Gasteiger partial charge is 0.354 e. The van der Waals surface area contributed by atoms with E-state index >= 15 is 0 Å². The first-order valence-corrected chi connectivity index (χ1v) is 8.48. The summed E-state index contributed by atoms with van der Waals surface area (Å²) >= 11 is 6.70. The molecule has 21 heavy (non-hydrogen) atoms. The number of sulfonamides is 1. The van der Waals surface area contributed by atoms with E-state index in [0.29, 0.717) is 4.34 Å². The van der Waals surface area contributed by atoms with Crippen molar-refractivity contribution < 1.29 is 18.3 Å². The number of hydrogen-bond donors (Lipinski definition) is 1. The van der Waals surface area contributed by atoms with Gasteiger partial charge in [0.15, 0.2) is 5.69 Å². The van der Waals surface area contributed by atoms with Crippen LogP contribution in [-0.2, 0) is 10.0 Å². The zero-order valence-corrected chi connectivity index (χ0v) is 13.2. The maximum atomic E-state index is 12.5. The van der Waals surface area contributed by atoms with Crippen LogP contribution in [0.15, 0.2) is 34.5 Å². The molecule has 0 fully saturated rings. The van der Waals surface area contributed by atoms with Gasteiger partial charge in [0.05, 0.1) is 4.34 Å². The number of rotatable bonds is 5. The van der Waals surface area contributed by atoms with Crippen LogP contribution >= 0.6 is 22.9 Å². The molecule has 2 aromatic rings. The number of pyridine rings is 1. The Bertz CT molecular complexity index is 773. The monoisotopic (exact) mass is 346 g/mol. The number of carboxylic acid groups (broad SMARTS) is 1. The maximum Gasteiger partial charge on any atom is 0.354 e. The van der Waals surface area contributed by atoms with Gasteiger partial charge in [-0.05, 0) is 31.2 Å². The lowest BCUT2D eigenvalue weighted by Crippen LogP contribution is -2.31. The van der Waals surface area contributed by atoms with E-state index in [1.165, 1.54) is 30.3 Å². The Morgan fingerprint density at radius 2 is 2.10 bits per heavy atom. The lowest BCUT2D eigenvalue weighted by Gasteiger charge is -2.20. The average molecular weight is 347 g/mol. The molecule has 0 aliphatic rings. The highest BCUT2D eigenvalue weighted by atomic mass is 35.5. The lowest BCUT2D eigenvalue weighted by atomic mass is 10.3. The summed E-state index contributed by atoms with van der Waals surface area (Å²) < 4.78 is 26.6. The fourth-order valence-corrected chi connectivity index (χ4v) is 4.70. The quantitative estimate of drug-likeness (QED) is 0.899. The SMILES string of the molecule is CCN(c1cccc(C(=O)O)n1)S(=O)(=O)c1ccc(Cl)s1. The number of nitrogens with zero attached hydrogens (tertiary/aromatic N) is 2. The molecule has 0 saturated heterocycles. The molecular weight excluding hydrogens is 336 g/mol. The van der Waals surface area contributed by atoms with Crippen LogP contribution in [-0.4, -0.2) is 31.0 Å². The molecular formula is C12H11ClN2O4S2. The Morgan fingerprint density at radius 1 is 1.38 bits per heavy atom. The highest BCUT2D eigenvalue weighted by molar-refractivity contribution is 7.94. The fourth-order valence-electron chi connectivity index (χ4n) is 1.68. The highest BCUT2D eigenvalue weighted by Crippen LogP contribution is 2.30. The van der Waals surface area contributed by atoms with Crippen molar-refractivity contribution in [3.8, 4) is 0 Å². The Labute approximate surface area is 130 Å². The number of aromatic nitrogens is 1. The second kappa shape index (κ2) is 6.00. The molecule has 9 heteroatoms. The minimum Gasteiger partial charge on any atom is -0.477 e. The van der Waals surface area contributed by atoms with E-state index in [-0.39, 0.29) is 22.3 Å². The van der Waals surface area contributed by atoms with Gasteiger partial charge in [-0.25, -0.2) is 22.5 Å². The van der Waals surface area contributed by atoms with E-state index in [4.69, 9.17) is 16.7 Å². The summed E-state index contributed by atoms with van der Waals surface area (Å²) in [6.45, 7) is 1.76. The fraction of sp³-hybridized carbons (Fsp3) is 0.167. The Hall–Kier alpha value is -1.64. The summed E-state index contributed by atoms with van der Waals surface area (Å²) in [5, 5.41) is 8.94. The number of carboxylic acids is 1. The number of anilines is 1. The normalized spacial score (nSPS) is 11.3. The molecule has 1 N–H and O–H groups in total. The van der Waals surface area contributed by atoms with Crippen molar-refractivity contribution in [2.45, 2.75) is 11.1 Å². The van der Waals surface area contributed by atoms with E-state index in [1.54, 1.807) is 6.92 Å². The van der Waals surface area contributed by atoms with Crippen LogP contribution in [0.2, 0.25) is 4.34 Å². The molecule has 0 spiro atoms. The van der Waals surface area contributed by atoms with Crippen LogP contribution in [0, 0.1) is 0 Å². The van der Waals surface area contributed by atoms with Gasteiger partial charge in [0.25, 0.3) is 10.0 Å². The molecule has 112 valence electrons. The zero-order chi connectivity index (χ0) is 15.6. The van der Waals surface area contributed by atoms with Gasteiger partial charge in [-0.2, -0.15) is 0 Å². The molecule has 0 bridgehead atoms. The highest BCUT2D eigenvalue weighted by Gasteiger charge is 2.26. The zero-order valence-electron chi connectivity index (χ0n) is 10.9. The molecule has 0 aromatic carbocycles. The predicted molar refractivity (Wildman–Crippen MR) is 80.7 cm³/mol. The minimum atomic E-state index is -3.81. The van der Waals surface area contributed by atoms with Crippen molar-refractivity contribution in [2.24, 2.45) is 0 Å². The Morgan fingerprint density at radius 3 is 2.62 bits per heavy atom. The van der Waals surface area contributed by atoms with Crippen LogP contribution in [0.5, 0.6) is 0 Å². The number of carbonyl (C=O) groups is 1. The van der Waals surface area contributed by atoms with E-state index in [1.807, 2.05) is 0 Å². The molecule has 2 aromatic heterocycles. The van der Waals surface area contributed by atoms with Crippen LogP contribution in [0.1, 0.15) is 17.4 Å². The summed E-state index contributed by atoms with van der Waals surface area (Å²) in [5.41, 5.74) is -0.217. The van der Waals surface area contributed by atoms with Crippen LogP contribution in [0.3, 0.4) is 0 Å². The third kappa shape index (κ3) is 3.17. The third-order valence-electron chi connectivity index (χ3n) is 2.59. The van der Waals surface area contributed by atoms with Crippen LogP contribution < -0.4 is 4.31 Å². The van der Waals surface area contributed by atoms with E-state index < -0.39 is 16.0 Å². The first-order chi connectivity index (χ1) is 9.86. The summed E-state index contributed by atoms with van der Waals surface area (Å²) in [5.74, 6) is -1.16. The van der Waals surface area contributed by atoms with E-state index in [0.717, 1.165) is 15.6 Å². The van der Waals surface area contributed by atoms with Crippen molar-refractivity contribution in [2.75, 3.05) is 10.8 Å². The average Bonchev–Trinajstić information content (AvgIpc) is 2.87. The first-order valence-electron chi connectivity index (χ1n) is 5.84. The Kier molecular flexibility index (Phi) is 4.50.